The van der Waals surface area contributed by atoms with Gasteiger partial charge in [0.15, 0.2) is 0 Å². The van der Waals surface area contributed by atoms with Crippen molar-refractivity contribution in [3.8, 4) is 0 Å². The quantitative estimate of drug-likeness (QED) is 0.559. The number of carbonyl (C=O) groups is 1. The lowest BCUT2D eigenvalue weighted by molar-refractivity contribution is 0.0955. The fourth-order valence-corrected chi connectivity index (χ4v) is 2.81. The molecule has 0 atom stereocenters. The van der Waals surface area contributed by atoms with Gasteiger partial charge in [-0.3, -0.25) is 13.9 Å². The third kappa shape index (κ3) is 2.61. The van der Waals surface area contributed by atoms with Crippen LogP contribution < -0.4 is 11.4 Å². The van der Waals surface area contributed by atoms with Crippen molar-refractivity contribution in [2.24, 2.45) is 0 Å². The van der Waals surface area contributed by atoms with Crippen molar-refractivity contribution < 1.29 is 4.79 Å². The Morgan fingerprint density at radius 1 is 1.16 bits per heavy atom. The summed E-state index contributed by atoms with van der Waals surface area (Å²) in [4.78, 5) is 31.9. The Morgan fingerprint density at radius 2 is 1.96 bits per heavy atom. The number of hydrogen-bond donors (Lipinski definition) is 2. The van der Waals surface area contributed by atoms with Crippen molar-refractivity contribution >= 4 is 22.6 Å². The van der Waals surface area contributed by atoms with Gasteiger partial charge in [0.2, 0.25) is 0 Å². The second-order valence-corrected chi connectivity index (χ2v) is 5.72. The molecule has 7 nitrogen and oxygen atoms in total. The van der Waals surface area contributed by atoms with E-state index in [1.54, 1.807) is 18.2 Å². The van der Waals surface area contributed by atoms with Gasteiger partial charge in [0.25, 0.3) is 5.91 Å². The zero-order chi connectivity index (χ0) is 17.4. The fourth-order valence-electron chi connectivity index (χ4n) is 2.81. The second-order valence-electron chi connectivity index (χ2n) is 5.72. The number of aromatic nitrogens is 4. The van der Waals surface area contributed by atoms with Crippen molar-refractivity contribution in [3.05, 3.63) is 82.8 Å². The smallest absolute Gasteiger partial charge is 0.326 e. The van der Waals surface area contributed by atoms with E-state index < -0.39 is 0 Å². The lowest BCUT2D eigenvalue weighted by Gasteiger charge is -2.08. The zero-order valence-corrected chi connectivity index (χ0v) is 13.2. The molecule has 0 radical (unpaired) electrons. The molecular weight excluding hydrogens is 318 g/mol. The van der Waals surface area contributed by atoms with Crippen molar-refractivity contribution in [1.82, 2.24) is 19.1 Å². The highest BCUT2D eigenvalue weighted by atomic mass is 16.2. The predicted molar refractivity (Wildman–Crippen MR) is 94.5 cm³/mol. The van der Waals surface area contributed by atoms with Crippen LogP contribution >= 0.6 is 0 Å². The van der Waals surface area contributed by atoms with E-state index in [1.165, 1.54) is 21.7 Å². The molecule has 0 saturated carbocycles. The first kappa shape index (κ1) is 14.9. The first-order chi connectivity index (χ1) is 12.1. The lowest BCUT2D eigenvalue weighted by atomic mass is 10.2. The lowest BCUT2D eigenvalue weighted by Crippen LogP contribution is -2.24. The predicted octanol–water partition coefficient (Wildman–Crippen LogP) is 1.85. The molecule has 4 aromatic rings. The van der Waals surface area contributed by atoms with Crippen LogP contribution in [0.4, 0.5) is 5.69 Å². The van der Waals surface area contributed by atoms with E-state index in [1.807, 2.05) is 30.3 Å². The Hall–Kier alpha value is -3.61. The average Bonchev–Trinajstić information content (AvgIpc) is 3.19. The second kappa shape index (κ2) is 5.79. The van der Waals surface area contributed by atoms with Crippen LogP contribution in [-0.4, -0.2) is 25.0 Å². The number of nitrogens with zero attached hydrogens (tertiary/aromatic N) is 3. The number of nitrogens with two attached hydrogens (primary N) is 1. The SMILES string of the molecule is Nc1ccc2c(c1)ncn2C(=O)c1c[nH]c(=O)n1Cc1ccccc1. The number of benzene rings is 2. The highest BCUT2D eigenvalue weighted by molar-refractivity contribution is 6.00. The standard InChI is InChI=1S/C18H15N5O2/c19-13-6-7-15-14(8-13)21-11-23(15)17(24)16-9-20-18(25)22(16)10-12-4-2-1-3-5-12/h1-9,11H,10,19H2,(H,20,25). The Bertz CT molecular complexity index is 1120. The molecule has 2 aromatic carbocycles. The maximum Gasteiger partial charge on any atom is 0.326 e. The number of aromatic amines is 1. The van der Waals surface area contributed by atoms with Gasteiger partial charge in [0, 0.05) is 11.9 Å². The Morgan fingerprint density at radius 3 is 2.76 bits per heavy atom. The van der Waals surface area contributed by atoms with Crippen molar-refractivity contribution in [1.29, 1.82) is 0 Å². The Labute approximate surface area is 142 Å². The van der Waals surface area contributed by atoms with Crippen LogP contribution in [0.2, 0.25) is 0 Å². The molecule has 0 unspecified atom stereocenters. The third-order valence-electron chi connectivity index (χ3n) is 4.06. The van der Waals surface area contributed by atoms with Crippen LogP contribution in [0.15, 0.2) is 65.8 Å². The number of nitrogens with one attached hydrogen (secondary N) is 1. The molecule has 3 N–H and O–H groups in total. The number of imidazole rings is 2. The maximum atomic E-state index is 12.9. The van der Waals surface area contributed by atoms with Crippen molar-refractivity contribution in [3.63, 3.8) is 0 Å². The monoisotopic (exact) mass is 333 g/mol. The van der Waals surface area contributed by atoms with Crippen LogP contribution in [0.1, 0.15) is 16.1 Å². The van der Waals surface area contributed by atoms with E-state index in [0.29, 0.717) is 23.3 Å². The van der Waals surface area contributed by atoms with E-state index in [2.05, 4.69) is 9.97 Å². The Kier molecular flexibility index (Phi) is 3.46. The molecule has 0 aliphatic rings. The summed E-state index contributed by atoms with van der Waals surface area (Å²) in [5.74, 6) is -0.332. The van der Waals surface area contributed by atoms with Gasteiger partial charge >= 0.3 is 5.69 Å². The summed E-state index contributed by atoms with van der Waals surface area (Å²) in [6.45, 7) is 0.309. The zero-order valence-electron chi connectivity index (χ0n) is 13.2. The highest BCUT2D eigenvalue weighted by Crippen LogP contribution is 2.17. The number of anilines is 1. The molecular formula is C18H15N5O2. The number of rotatable bonds is 3. The molecule has 4 rings (SSSR count). The molecule has 25 heavy (non-hydrogen) atoms. The molecule has 0 aliphatic carbocycles. The van der Waals surface area contributed by atoms with Crippen molar-refractivity contribution in [2.75, 3.05) is 5.73 Å². The van der Waals surface area contributed by atoms with Gasteiger partial charge in [-0.2, -0.15) is 0 Å². The van der Waals surface area contributed by atoms with Gasteiger partial charge in [-0.1, -0.05) is 30.3 Å². The third-order valence-corrected chi connectivity index (χ3v) is 4.06. The molecule has 0 aliphatic heterocycles. The molecule has 0 fully saturated rings. The summed E-state index contributed by atoms with van der Waals surface area (Å²) in [5.41, 5.74) is 8.46. The van der Waals surface area contributed by atoms with Gasteiger partial charge in [0.1, 0.15) is 12.0 Å². The minimum Gasteiger partial charge on any atom is -0.399 e. The number of hydrogen-bond acceptors (Lipinski definition) is 4. The molecule has 124 valence electrons. The number of fused-ring (bicyclic) bond motifs is 1. The average molecular weight is 333 g/mol. The summed E-state index contributed by atoms with van der Waals surface area (Å²) in [7, 11) is 0. The molecule has 7 heteroatoms. The summed E-state index contributed by atoms with van der Waals surface area (Å²) in [5, 5.41) is 0. The number of H-pyrrole nitrogens is 1. The summed E-state index contributed by atoms with van der Waals surface area (Å²) < 4.78 is 2.83. The van der Waals surface area contributed by atoms with Crippen LogP contribution in [0.5, 0.6) is 0 Å². The minimum atomic E-state index is -0.333. The summed E-state index contributed by atoms with van der Waals surface area (Å²) in [6, 6.07) is 14.6. The van der Waals surface area contributed by atoms with E-state index in [-0.39, 0.29) is 17.3 Å². The van der Waals surface area contributed by atoms with Gasteiger partial charge in [0.05, 0.1) is 17.6 Å². The molecule has 2 heterocycles. The van der Waals surface area contributed by atoms with Crippen molar-refractivity contribution in [2.45, 2.75) is 6.54 Å². The van der Waals surface area contributed by atoms with Gasteiger partial charge in [-0.15, -0.1) is 0 Å². The first-order valence-corrected chi connectivity index (χ1v) is 7.73. The molecule has 0 spiro atoms. The molecule has 0 saturated heterocycles. The highest BCUT2D eigenvalue weighted by Gasteiger charge is 2.18. The first-order valence-electron chi connectivity index (χ1n) is 7.73. The summed E-state index contributed by atoms with van der Waals surface area (Å²) >= 11 is 0. The van der Waals surface area contributed by atoms with E-state index in [4.69, 9.17) is 5.73 Å². The van der Waals surface area contributed by atoms with Gasteiger partial charge in [-0.25, -0.2) is 9.78 Å². The fraction of sp³-hybridized carbons (Fsp3) is 0.0556. The van der Waals surface area contributed by atoms with E-state index in [0.717, 1.165) is 5.56 Å². The van der Waals surface area contributed by atoms with E-state index in [9.17, 15) is 9.59 Å². The summed E-state index contributed by atoms with van der Waals surface area (Å²) in [6.07, 6.45) is 2.87. The van der Waals surface area contributed by atoms with E-state index >= 15 is 0 Å². The largest absolute Gasteiger partial charge is 0.399 e. The Balaban J connectivity index is 1.77. The molecule has 0 amide bonds. The van der Waals surface area contributed by atoms with Gasteiger partial charge in [-0.05, 0) is 23.8 Å². The van der Waals surface area contributed by atoms with Crippen LogP contribution in [-0.2, 0) is 6.54 Å². The van der Waals surface area contributed by atoms with Gasteiger partial charge < -0.3 is 10.7 Å². The maximum absolute atomic E-state index is 12.9. The number of nitrogen functional groups attached to an aromatic ring is 1. The normalized spacial score (nSPS) is 11.0. The molecule has 0 bridgehead atoms. The van der Waals surface area contributed by atoms with Crippen LogP contribution in [0.25, 0.3) is 11.0 Å². The van der Waals surface area contributed by atoms with Crippen LogP contribution in [0, 0.1) is 0 Å². The minimum absolute atomic E-state index is 0.268. The topological polar surface area (TPSA) is 98.7 Å². The molecule has 2 aromatic heterocycles. The number of carbonyl (C=O) groups excluding carboxylic acids is 1. The van der Waals surface area contributed by atoms with Crippen LogP contribution in [0.3, 0.4) is 0 Å².